The van der Waals surface area contributed by atoms with Crippen LogP contribution in [0, 0.1) is 10.8 Å². The first-order chi connectivity index (χ1) is 45.9. The number of carboxylic acid groups (broad SMARTS) is 1. The predicted molar refractivity (Wildman–Crippen MR) is 364 cm³/mol. The van der Waals surface area contributed by atoms with Crippen molar-refractivity contribution in [2.45, 2.75) is 148 Å². The van der Waals surface area contributed by atoms with Crippen LogP contribution < -0.4 is 21.3 Å². The van der Waals surface area contributed by atoms with Crippen molar-refractivity contribution in [3.8, 4) is 11.1 Å². The maximum atomic E-state index is 16.1. The molecule has 96 heavy (non-hydrogen) atoms. The lowest BCUT2D eigenvalue weighted by Crippen LogP contribution is -2.61. The normalized spacial score (nSPS) is 18.7. The molecule has 8 amide bonds. The number of likely N-dealkylation sites (tertiary alicyclic amines) is 1. The lowest BCUT2D eigenvalue weighted by Gasteiger charge is -2.43. The van der Waals surface area contributed by atoms with Gasteiger partial charge in [-0.05, 0) is 117 Å². The van der Waals surface area contributed by atoms with Crippen molar-refractivity contribution in [1.82, 2.24) is 45.4 Å². The van der Waals surface area contributed by atoms with E-state index < -0.39 is 95.0 Å². The van der Waals surface area contributed by atoms with Gasteiger partial charge in [-0.15, -0.1) is 0 Å². The molecule has 4 unspecified atom stereocenters. The van der Waals surface area contributed by atoms with Gasteiger partial charge in [0.15, 0.2) is 0 Å². The third-order valence-corrected chi connectivity index (χ3v) is 19.6. The molecule has 2 aliphatic carbocycles. The maximum absolute atomic E-state index is 16.1. The summed E-state index contributed by atoms with van der Waals surface area (Å²) in [5, 5.41) is 22.4. The second-order valence-electron chi connectivity index (χ2n) is 28.1. The first-order valence-electron chi connectivity index (χ1n) is 33.1. The fourth-order valence-electron chi connectivity index (χ4n) is 14.2. The molecule has 5 N–H and O–H groups in total. The van der Waals surface area contributed by atoms with Crippen molar-refractivity contribution in [3.05, 3.63) is 202 Å². The molecule has 1 aromatic heterocycles. The molecular weight excluding hydrogens is 1210 g/mol. The number of carbonyl (C=O) groups excluding carboxylic acids is 7. The van der Waals surface area contributed by atoms with E-state index in [9.17, 15) is 29.1 Å². The molecule has 0 radical (unpaired) electrons. The number of alkyl carbamates (subject to hydrolysis) is 1. The molecule has 1 saturated heterocycles. The van der Waals surface area contributed by atoms with Gasteiger partial charge in [-0.3, -0.25) is 33.4 Å². The van der Waals surface area contributed by atoms with E-state index in [2.05, 4.69) is 33.4 Å². The topological polar surface area (TPSA) is 241 Å². The van der Waals surface area contributed by atoms with Gasteiger partial charge < -0.3 is 50.5 Å². The number of aromatic nitrogens is 1. The number of nitrogens with zero attached hydrogens (tertiary/aromatic N) is 5. The van der Waals surface area contributed by atoms with Crippen LogP contribution in [0.25, 0.3) is 22.0 Å². The van der Waals surface area contributed by atoms with Gasteiger partial charge in [0.25, 0.3) is 0 Å². The van der Waals surface area contributed by atoms with E-state index in [1.54, 1.807) is 56.0 Å². The van der Waals surface area contributed by atoms with Crippen LogP contribution in [0.3, 0.4) is 0 Å². The summed E-state index contributed by atoms with van der Waals surface area (Å²) in [5.74, 6) is -2.64. The summed E-state index contributed by atoms with van der Waals surface area (Å²) in [7, 11) is 2.85. The Hall–Kier alpha value is -9.82. The minimum Gasteiger partial charge on any atom is -0.465 e. The zero-order valence-corrected chi connectivity index (χ0v) is 56.0. The average molecular weight is 1300 g/mol. The van der Waals surface area contributed by atoms with E-state index in [1.165, 1.54) is 23.4 Å². The van der Waals surface area contributed by atoms with Crippen LogP contribution in [0.15, 0.2) is 158 Å². The highest BCUT2D eigenvalue weighted by atomic mass is 16.5. The van der Waals surface area contributed by atoms with E-state index in [4.69, 9.17) is 9.47 Å². The van der Waals surface area contributed by atoms with Crippen molar-refractivity contribution in [1.29, 1.82) is 0 Å². The van der Waals surface area contributed by atoms with E-state index >= 15 is 14.4 Å². The van der Waals surface area contributed by atoms with E-state index in [-0.39, 0.29) is 63.6 Å². The van der Waals surface area contributed by atoms with E-state index in [0.29, 0.717) is 22.9 Å². The number of ether oxygens (including phenoxy) is 2. The molecule has 11 rings (SSSR count). The molecule has 1 fully saturated rings. The minimum absolute atomic E-state index is 0.0471. The Morgan fingerprint density at radius 1 is 0.677 bits per heavy atom. The molecule has 3 heterocycles. The van der Waals surface area contributed by atoms with Crippen molar-refractivity contribution < 1.29 is 52.9 Å². The Kier molecular flexibility index (Phi) is 19.9. The van der Waals surface area contributed by atoms with Crippen LogP contribution in [0.4, 0.5) is 14.4 Å². The molecule has 0 saturated carbocycles. The van der Waals surface area contributed by atoms with Gasteiger partial charge in [-0.2, -0.15) is 0 Å². The first-order valence-corrected chi connectivity index (χ1v) is 33.1. The minimum atomic E-state index is -1.32. The van der Waals surface area contributed by atoms with E-state index in [0.717, 1.165) is 67.8 Å². The molecule has 6 aromatic carbocycles. The number of fused-ring (bicyclic) bond motifs is 6. The Morgan fingerprint density at radius 3 is 1.94 bits per heavy atom. The molecule has 8 atom stereocenters. The van der Waals surface area contributed by atoms with Crippen LogP contribution in [-0.2, 0) is 59.4 Å². The summed E-state index contributed by atoms with van der Waals surface area (Å²) in [6.45, 7) is 12.6. The van der Waals surface area contributed by atoms with Crippen LogP contribution >= 0.6 is 0 Å². The number of aryl methyl sites for hydroxylation is 1. The van der Waals surface area contributed by atoms with Gasteiger partial charge in [0.2, 0.25) is 29.5 Å². The van der Waals surface area contributed by atoms with Gasteiger partial charge in [0.05, 0.1) is 30.2 Å². The zero-order chi connectivity index (χ0) is 68.3. The number of nitrogens with one attached hydrogen (secondary N) is 4. The van der Waals surface area contributed by atoms with Gasteiger partial charge >= 0.3 is 18.2 Å². The largest absolute Gasteiger partial charge is 0.465 e. The summed E-state index contributed by atoms with van der Waals surface area (Å²) in [6, 6.07) is 41.1. The molecule has 7 aromatic rings. The molecular formula is C76H87N9O11. The fourth-order valence-corrected chi connectivity index (χ4v) is 14.2. The molecule has 4 aliphatic rings. The maximum Gasteiger partial charge on any atom is 0.407 e. The summed E-state index contributed by atoms with van der Waals surface area (Å²) in [5.41, 5.74) is 8.54. The number of likely N-dealkylation sites (N-methyl/N-ethyl adjacent to an activating group) is 1. The Morgan fingerprint density at radius 2 is 1.28 bits per heavy atom. The van der Waals surface area contributed by atoms with Gasteiger partial charge in [0.1, 0.15) is 36.8 Å². The number of amides is 8. The number of benzene rings is 6. The first kappa shape index (κ1) is 67.6. The highest BCUT2D eigenvalue weighted by Crippen LogP contribution is 2.45. The highest BCUT2D eigenvalue weighted by molar-refractivity contribution is 5.97. The fraction of sp³-hybridized carbons (Fsp3) is 0.395. The molecule has 0 spiro atoms. The standard InChI is InChI=1S/C76H87N9O11/c1-46(81(8)74(93)94)67(86)79-65(75(2,3)4)70(89)85-43-53(40-62(85)68(87)78-60-33-21-27-48-22-15-16-28-54(48)60)77-72(91)82-37-36-51-38-47(34-35-61(51)82)41-83(64(45-95-9)49-23-11-10-12-24-49)69(88)63-39-50-25-13-14-26-52(50)42-84(63)71(90)66(76(5,6)7)80-73(92)96-44-59-57-31-19-17-29-55(57)56-30-18-20-32-58(56)59/h10-20,22-26,28-32,34-38,46,53,59-60,62-66H,21,27,33,39-45H2,1-9H3,(H,77,91)(H,78,87)(H,79,86)(H,80,92)(H,93,94)/t46?,53-,60+,62-,63?,64+,65?,66?/m0/s1. The van der Waals surface area contributed by atoms with Crippen LogP contribution in [-0.4, -0.2) is 147 Å². The van der Waals surface area contributed by atoms with Gasteiger partial charge in [-0.25, -0.2) is 14.4 Å². The van der Waals surface area contributed by atoms with Crippen molar-refractivity contribution in [2.24, 2.45) is 10.8 Å². The summed E-state index contributed by atoms with van der Waals surface area (Å²) < 4.78 is 13.4. The lowest BCUT2D eigenvalue weighted by molar-refractivity contribution is -0.152. The molecule has 502 valence electrons. The third kappa shape index (κ3) is 14.2. The second-order valence-corrected chi connectivity index (χ2v) is 28.1. The predicted octanol–water partition coefficient (Wildman–Crippen LogP) is 10.5. The highest BCUT2D eigenvalue weighted by Gasteiger charge is 2.48. The second kappa shape index (κ2) is 28.2. The Bertz CT molecular complexity index is 4040. The van der Waals surface area contributed by atoms with Gasteiger partial charge in [-0.1, -0.05) is 175 Å². The molecule has 2 aliphatic heterocycles. The zero-order valence-electron chi connectivity index (χ0n) is 56.0. The summed E-state index contributed by atoms with van der Waals surface area (Å²) >= 11 is 0. The third-order valence-electron chi connectivity index (χ3n) is 19.6. The van der Waals surface area contributed by atoms with Crippen LogP contribution in [0.5, 0.6) is 0 Å². The molecule has 0 bridgehead atoms. The number of carbonyl (C=O) groups is 8. The Balaban J connectivity index is 0.851. The molecule has 20 nitrogen and oxygen atoms in total. The number of rotatable bonds is 18. The van der Waals surface area contributed by atoms with Gasteiger partial charge in [0, 0.05) is 57.7 Å². The van der Waals surface area contributed by atoms with Crippen LogP contribution in [0.2, 0.25) is 0 Å². The number of hydrogen-bond acceptors (Lipinski definition) is 10. The molecule has 20 heteroatoms. The quantitative estimate of drug-likeness (QED) is 0.0541. The number of methoxy groups -OCH3 is 1. The number of hydrogen-bond donors (Lipinski definition) is 5. The lowest BCUT2D eigenvalue weighted by atomic mass is 9.84. The Labute approximate surface area is 560 Å². The van der Waals surface area contributed by atoms with Crippen LogP contribution in [0.1, 0.15) is 130 Å². The van der Waals surface area contributed by atoms with Crippen molar-refractivity contribution in [3.63, 3.8) is 0 Å². The monoisotopic (exact) mass is 1300 g/mol. The summed E-state index contributed by atoms with van der Waals surface area (Å²) in [6.07, 6.45) is 2.23. The smallest absolute Gasteiger partial charge is 0.407 e. The van der Waals surface area contributed by atoms with Crippen molar-refractivity contribution in [2.75, 3.05) is 33.9 Å². The SMILES string of the molecule is COC[C@H](c1ccccc1)N(Cc1ccc2c(ccn2C(=O)N[C@H]2C[C@@H](C(=O)N[C@@H]3CCCc4ccccc43)N(C(=O)C(NC(=O)C(C)N(C)C(=O)O)C(C)(C)C)C2)c1)C(=O)C1Cc2ccccc2CN1C(=O)C(NC(=O)OCC1c2ccccc2-c2ccccc21)C(C)(C)C. The van der Waals surface area contributed by atoms with E-state index in [1.807, 2.05) is 148 Å². The summed E-state index contributed by atoms with van der Waals surface area (Å²) in [4.78, 5) is 121. The van der Waals surface area contributed by atoms with Crippen molar-refractivity contribution >= 4 is 58.7 Å². The average Bonchev–Trinajstić information content (AvgIpc) is 1.25.